The van der Waals surface area contributed by atoms with Crippen molar-refractivity contribution in [2.75, 3.05) is 12.4 Å². The third kappa shape index (κ3) is 5.89. The Bertz CT molecular complexity index is 735. The molecule has 0 radical (unpaired) electrons. The van der Waals surface area contributed by atoms with E-state index in [1.807, 2.05) is 24.3 Å². The highest BCUT2D eigenvalue weighted by atomic mass is 32.2. The Morgan fingerprint density at radius 2 is 1.92 bits per heavy atom. The van der Waals surface area contributed by atoms with E-state index in [2.05, 4.69) is 6.58 Å². The molecule has 0 bridgehead atoms. The van der Waals surface area contributed by atoms with Gasteiger partial charge >= 0.3 is 11.6 Å². The lowest BCUT2D eigenvalue weighted by Gasteiger charge is -2.05. The molecular formula is C19H22O4S. The lowest BCUT2D eigenvalue weighted by Crippen LogP contribution is -2.01. The van der Waals surface area contributed by atoms with Crippen molar-refractivity contribution in [3.8, 4) is 0 Å². The standard InChI is InChI=1S/C19H22O4S/c1-2-18(20)22-12-8-4-3-5-9-13-24-17-14-19(21)23-16-11-7-6-10-15(16)17/h2,6-7,10-11,14H,1,3-5,8-9,12-13H2. The van der Waals surface area contributed by atoms with Gasteiger partial charge in [-0.1, -0.05) is 44.0 Å². The number of carbonyl (C=O) groups excluding carboxylic acids is 1. The van der Waals surface area contributed by atoms with Crippen LogP contribution in [0.25, 0.3) is 11.0 Å². The minimum Gasteiger partial charge on any atom is -0.463 e. The van der Waals surface area contributed by atoms with Crippen molar-refractivity contribution >= 4 is 28.7 Å². The van der Waals surface area contributed by atoms with Crippen molar-refractivity contribution in [3.63, 3.8) is 0 Å². The van der Waals surface area contributed by atoms with Gasteiger partial charge in [-0.2, -0.15) is 0 Å². The third-order valence-electron chi connectivity index (χ3n) is 3.57. The number of fused-ring (bicyclic) bond motifs is 1. The summed E-state index contributed by atoms with van der Waals surface area (Å²) in [5, 5.41) is 0.992. The molecule has 0 spiro atoms. The van der Waals surface area contributed by atoms with Gasteiger partial charge in [-0.15, -0.1) is 11.8 Å². The summed E-state index contributed by atoms with van der Waals surface area (Å²) in [6.45, 7) is 3.82. The molecule has 0 aliphatic rings. The Morgan fingerprint density at radius 3 is 2.75 bits per heavy atom. The van der Waals surface area contributed by atoms with E-state index in [0.29, 0.717) is 12.2 Å². The summed E-state index contributed by atoms with van der Waals surface area (Å²) in [4.78, 5) is 23.4. The summed E-state index contributed by atoms with van der Waals surface area (Å²) in [6, 6.07) is 9.18. The van der Waals surface area contributed by atoms with Crippen LogP contribution in [-0.2, 0) is 9.53 Å². The van der Waals surface area contributed by atoms with Crippen LogP contribution in [0.5, 0.6) is 0 Å². The van der Waals surface area contributed by atoms with Crippen molar-refractivity contribution in [3.05, 3.63) is 53.4 Å². The highest BCUT2D eigenvalue weighted by Gasteiger charge is 2.05. The molecule has 1 heterocycles. The van der Waals surface area contributed by atoms with Crippen molar-refractivity contribution in [1.29, 1.82) is 0 Å². The first-order valence-corrected chi connectivity index (χ1v) is 9.14. The van der Waals surface area contributed by atoms with E-state index in [9.17, 15) is 9.59 Å². The summed E-state index contributed by atoms with van der Waals surface area (Å²) in [7, 11) is 0. The van der Waals surface area contributed by atoms with E-state index >= 15 is 0 Å². The number of unbranched alkanes of at least 4 members (excludes halogenated alkanes) is 4. The predicted octanol–water partition coefficient (Wildman–Crippen LogP) is 4.56. The second-order valence-corrected chi connectivity index (χ2v) is 6.55. The molecule has 24 heavy (non-hydrogen) atoms. The fourth-order valence-electron chi connectivity index (χ4n) is 2.35. The normalized spacial score (nSPS) is 10.7. The van der Waals surface area contributed by atoms with Crippen molar-refractivity contribution in [2.45, 2.75) is 37.0 Å². The minimum atomic E-state index is -0.356. The van der Waals surface area contributed by atoms with Crippen LogP contribution in [-0.4, -0.2) is 18.3 Å². The Kier molecular flexibility index (Phi) is 7.62. The van der Waals surface area contributed by atoms with Crippen molar-refractivity contribution in [2.24, 2.45) is 0 Å². The zero-order chi connectivity index (χ0) is 17.2. The van der Waals surface area contributed by atoms with Crippen LogP contribution < -0.4 is 5.63 Å². The van der Waals surface area contributed by atoms with Gasteiger partial charge in [-0.05, 0) is 24.7 Å². The number of para-hydroxylation sites is 1. The Labute approximate surface area is 145 Å². The minimum absolute atomic E-state index is 0.301. The van der Waals surface area contributed by atoms with Crippen molar-refractivity contribution < 1.29 is 13.9 Å². The second kappa shape index (κ2) is 9.98. The quantitative estimate of drug-likeness (QED) is 0.207. The van der Waals surface area contributed by atoms with Crippen LogP contribution in [0.1, 0.15) is 32.1 Å². The molecule has 0 unspecified atom stereocenters. The number of hydrogen-bond acceptors (Lipinski definition) is 5. The molecule has 1 aromatic carbocycles. The smallest absolute Gasteiger partial charge is 0.337 e. The van der Waals surface area contributed by atoms with Crippen LogP contribution in [0.2, 0.25) is 0 Å². The predicted molar refractivity (Wildman–Crippen MR) is 97.4 cm³/mol. The fraction of sp³-hybridized carbons (Fsp3) is 0.368. The lowest BCUT2D eigenvalue weighted by molar-refractivity contribution is -0.137. The zero-order valence-corrected chi connectivity index (χ0v) is 14.5. The van der Waals surface area contributed by atoms with E-state index in [-0.39, 0.29) is 11.6 Å². The van der Waals surface area contributed by atoms with E-state index < -0.39 is 0 Å². The first-order valence-electron chi connectivity index (χ1n) is 8.15. The number of rotatable bonds is 10. The van der Waals surface area contributed by atoms with Crippen LogP contribution in [0.3, 0.4) is 0 Å². The number of thioether (sulfide) groups is 1. The molecule has 128 valence electrons. The van der Waals surface area contributed by atoms with Gasteiger partial charge in [-0.3, -0.25) is 0 Å². The average molecular weight is 346 g/mol. The molecule has 0 fully saturated rings. The summed E-state index contributed by atoms with van der Waals surface area (Å²) < 4.78 is 10.1. The number of carbonyl (C=O) groups is 1. The topological polar surface area (TPSA) is 56.5 Å². The monoisotopic (exact) mass is 346 g/mol. The van der Waals surface area contributed by atoms with Gasteiger partial charge < -0.3 is 9.15 Å². The molecule has 0 aliphatic heterocycles. The van der Waals surface area contributed by atoms with E-state index in [4.69, 9.17) is 9.15 Å². The van der Waals surface area contributed by atoms with Gasteiger partial charge in [0.15, 0.2) is 0 Å². The summed E-state index contributed by atoms with van der Waals surface area (Å²) >= 11 is 1.70. The average Bonchev–Trinajstić information content (AvgIpc) is 2.59. The van der Waals surface area contributed by atoms with Crippen LogP contribution in [0, 0.1) is 0 Å². The maximum atomic E-state index is 11.6. The summed E-state index contributed by atoms with van der Waals surface area (Å²) in [5.41, 5.74) is 0.340. The highest BCUT2D eigenvalue weighted by Crippen LogP contribution is 2.27. The number of hydrogen-bond donors (Lipinski definition) is 0. The van der Waals surface area contributed by atoms with Gasteiger partial charge in [0.05, 0.1) is 6.61 Å². The number of ether oxygens (including phenoxy) is 1. The van der Waals surface area contributed by atoms with Gasteiger partial charge in [0, 0.05) is 22.4 Å². The van der Waals surface area contributed by atoms with Crippen LogP contribution in [0.4, 0.5) is 0 Å². The lowest BCUT2D eigenvalue weighted by atomic mass is 10.2. The molecule has 4 nitrogen and oxygen atoms in total. The summed E-state index contributed by atoms with van der Waals surface area (Å²) in [6.07, 6.45) is 6.45. The number of esters is 1. The molecule has 0 saturated carbocycles. The maximum Gasteiger partial charge on any atom is 0.337 e. The van der Waals surface area contributed by atoms with Crippen LogP contribution in [0.15, 0.2) is 57.1 Å². The highest BCUT2D eigenvalue weighted by molar-refractivity contribution is 7.99. The SMILES string of the molecule is C=CC(=O)OCCCCCCCSc1cc(=O)oc2ccccc12. The first kappa shape index (κ1) is 18.3. The van der Waals surface area contributed by atoms with Gasteiger partial charge in [-0.25, -0.2) is 9.59 Å². The molecule has 5 heteroatoms. The molecule has 0 aliphatic carbocycles. The van der Waals surface area contributed by atoms with E-state index in [1.165, 1.54) is 6.08 Å². The number of benzene rings is 1. The van der Waals surface area contributed by atoms with Gasteiger partial charge in [0.1, 0.15) is 5.58 Å². The van der Waals surface area contributed by atoms with Gasteiger partial charge in [0.25, 0.3) is 0 Å². The first-order chi connectivity index (χ1) is 11.7. The van der Waals surface area contributed by atoms with Gasteiger partial charge in [0.2, 0.25) is 0 Å². The fourth-order valence-corrected chi connectivity index (χ4v) is 3.42. The molecule has 0 N–H and O–H groups in total. The Hall–Kier alpha value is -2.01. The second-order valence-electron chi connectivity index (χ2n) is 5.41. The molecule has 1 aromatic heterocycles. The van der Waals surface area contributed by atoms with E-state index in [0.717, 1.165) is 48.1 Å². The Morgan fingerprint density at radius 1 is 1.17 bits per heavy atom. The van der Waals surface area contributed by atoms with Crippen molar-refractivity contribution in [1.82, 2.24) is 0 Å². The molecule has 2 rings (SSSR count). The van der Waals surface area contributed by atoms with Crippen LogP contribution >= 0.6 is 11.8 Å². The maximum absolute atomic E-state index is 11.6. The van der Waals surface area contributed by atoms with E-state index in [1.54, 1.807) is 17.8 Å². The third-order valence-corrected chi connectivity index (χ3v) is 4.71. The molecule has 0 amide bonds. The molecule has 0 atom stereocenters. The molecular weight excluding hydrogens is 324 g/mol. The zero-order valence-electron chi connectivity index (χ0n) is 13.7. The summed E-state index contributed by atoms with van der Waals surface area (Å²) in [5.74, 6) is 0.616. The largest absolute Gasteiger partial charge is 0.463 e. The Balaban J connectivity index is 1.66. The molecule has 0 saturated heterocycles. The molecule has 2 aromatic rings.